The summed E-state index contributed by atoms with van der Waals surface area (Å²) in [4.78, 5) is 4.63. The molecule has 4 aromatic rings. The van der Waals surface area contributed by atoms with Crippen LogP contribution in [0.5, 0.6) is 0 Å². The Morgan fingerprint density at radius 2 is 2.08 bits per heavy atom. The van der Waals surface area contributed by atoms with Gasteiger partial charge in [0.05, 0.1) is 5.56 Å². The van der Waals surface area contributed by atoms with E-state index in [-0.39, 0.29) is 5.56 Å². The molecule has 0 amide bonds. The summed E-state index contributed by atoms with van der Waals surface area (Å²) in [6.07, 6.45) is 7.22. The van der Waals surface area contributed by atoms with Gasteiger partial charge < -0.3 is 0 Å². The minimum Gasteiger partial charge on any atom is -0.264 e. The predicted molar refractivity (Wildman–Crippen MR) is 92.2 cm³/mol. The fraction of sp³-hybridized carbons (Fsp3) is 0. The lowest BCUT2D eigenvalue weighted by atomic mass is 10.2. The van der Waals surface area contributed by atoms with Crippen molar-refractivity contribution in [3.63, 3.8) is 0 Å². The molecule has 4 rings (SSSR count). The van der Waals surface area contributed by atoms with E-state index in [0.29, 0.717) is 15.8 Å². The third-order valence-electron chi connectivity index (χ3n) is 3.28. The van der Waals surface area contributed by atoms with Crippen LogP contribution in [0.2, 0.25) is 5.02 Å². The maximum absolute atomic E-state index is 14.1. The molecule has 0 unspecified atom stereocenters. The Hall–Kier alpha value is -2.64. The second-order valence-electron chi connectivity index (χ2n) is 4.90. The number of fused-ring (bicyclic) bond motifs is 1. The average Bonchev–Trinajstić information content (AvgIpc) is 3.16. The molecule has 0 radical (unpaired) electrons. The van der Waals surface area contributed by atoms with Crippen LogP contribution in [0.25, 0.3) is 28.5 Å². The van der Waals surface area contributed by atoms with Crippen LogP contribution in [0.1, 0.15) is 10.6 Å². The van der Waals surface area contributed by atoms with Gasteiger partial charge in [0.15, 0.2) is 5.82 Å². The van der Waals surface area contributed by atoms with Gasteiger partial charge in [-0.05, 0) is 35.9 Å². The molecule has 0 saturated heterocycles. The van der Waals surface area contributed by atoms with Crippen molar-refractivity contribution >= 4 is 40.1 Å². The third kappa shape index (κ3) is 2.79. The van der Waals surface area contributed by atoms with Crippen LogP contribution in [0.15, 0.2) is 42.7 Å². The van der Waals surface area contributed by atoms with Gasteiger partial charge in [-0.2, -0.15) is 9.61 Å². The topological polar surface area (TPSA) is 56.0 Å². The lowest BCUT2D eigenvalue weighted by Gasteiger charge is -1.99. The summed E-state index contributed by atoms with van der Waals surface area (Å²) in [5.74, 6) is -0.101. The predicted octanol–water partition coefficient (Wildman–Crippen LogP) is 4.21. The molecule has 0 aliphatic carbocycles. The first-order valence-electron chi connectivity index (χ1n) is 6.96. The molecule has 0 fully saturated rings. The summed E-state index contributed by atoms with van der Waals surface area (Å²) in [5, 5.41) is 13.7. The second-order valence-corrected chi connectivity index (χ2v) is 6.33. The van der Waals surface area contributed by atoms with E-state index in [9.17, 15) is 4.39 Å². The number of benzene rings is 1. The van der Waals surface area contributed by atoms with E-state index in [1.807, 2.05) is 24.3 Å². The van der Waals surface area contributed by atoms with Crippen molar-refractivity contribution in [3.8, 4) is 11.4 Å². The maximum Gasteiger partial charge on any atom is 0.235 e. The zero-order valence-corrected chi connectivity index (χ0v) is 13.7. The highest BCUT2D eigenvalue weighted by atomic mass is 35.5. The normalized spacial score (nSPS) is 11.6. The smallest absolute Gasteiger partial charge is 0.235 e. The van der Waals surface area contributed by atoms with Crippen LogP contribution in [0, 0.1) is 5.82 Å². The molecule has 0 spiro atoms. The minimum atomic E-state index is -0.422. The van der Waals surface area contributed by atoms with Crippen LogP contribution >= 0.6 is 22.9 Å². The standard InChI is InChI=1S/C16H9ClFN5S/c17-11-4-5-13(18)12(8-11)15-20-21-16-23(15)22-14(24-16)6-3-10-2-1-7-19-9-10/h1-9H. The number of nitrogens with zero attached hydrogens (tertiary/aromatic N) is 5. The largest absolute Gasteiger partial charge is 0.264 e. The van der Waals surface area contributed by atoms with Crippen molar-refractivity contribution in [2.45, 2.75) is 0 Å². The Labute approximate surface area is 145 Å². The fourth-order valence-electron chi connectivity index (χ4n) is 2.18. The minimum absolute atomic E-state index is 0.267. The first kappa shape index (κ1) is 14.9. The van der Waals surface area contributed by atoms with E-state index in [0.717, 1.165) is 10.6 Å². The summed E-state index contributed by atoms with van der Waals surface area (Å²) >= 11 is 7.31. The van der Waals surface area contributed by atoms with Gasteiger partial charge in [0.2, 0.25) is 4.96 Å². The van der Waals surface area contributed by atoms with Crippen LogP contribution < -0.4 is 0 Å². The highest BCUT2D eigenvalue weighted by Crippen LogP contribution is 2.27. The molecular weight excluding hydrogens is 349 g/mol. The van der Waals surface area contributed by atoms with Crippen LogP contribution in [-0.4, -0.2) is 24.8 Å². The van der Waals surface area contributed by atoms with Gasteiger partial charge in [-0.15, -0.1) is 10.2 Å². The van der Waals surface area contributed by atoms with E-state index < -0.39 is 5.82 Å². The van der Waals surface area contributed by atoms with E-state index in [4.69, 9.17) is 11.6 Å². The lowest BCUT2D eigenvalue weighted by molar-refractivity contribution is 0.629. The molecule has 0 N–H and O–H groups in total. The van der Waals surface area contributed by atoms with Crippen molar-refractivity contribution in [1.82, 2.24) is 24.8 Å². The molecule has 8 heteroatoms. The molecule has 1 aromatic carbocycles. The Bertz CT molecular complexity index is 1040. The number of aromatic nitrogens is 5. The number of hydrogen-bond donors (Lipinski definition) is 0. The van der Waals surface area contributed by atoms with Crippen LogP contribution in [0.3, 0.4) is 0 Å². The lowest BCUT2D eigenvalue weighted by Crippen LogP contribution is -1.93. The molecule has 24 heavy (non-hydrogen) atoms. The second kappa shape index (κ2) is 6.10. The summed E-state index contributed by atoms with van der Waals surface area (Å²) < 4.78 is 15.6. The molecule has 5 nitrogen and oxygen atoms in total. The molecule has 0 aliphatic heterocycles. The van der Waals surface area contributed by atoms with Crippen molar-refractivity contribution in [1.29, 1.82) is 0 Å². The molecule has 3 aromatic heterocycles. The van der Waals surface area contributed by atoms with E-state index in [2.05, 4.69) is 20.3 Å². The Morgan fingerprint density at radius 1 is 1.17 bits per heavy atom. The van der Waals surface area contributed by atoms with E-state index in [1.54, 1.807) is 12.4 Å². The van der Waals surface area contributed by atoms with Gasteiger partial charge >= 0.3 is 0 Å². The number of hydrogen-bond acceptors (Lipinski definition) is 5. The monoisotopic (exact) mass is 357 g/mol. The third-order valence-corrected chi connectivity index (χ3v) is 4.38. The summed E-state index contributed by atoms with van der Waals surface area (Å²) in [6, 6.07) is 8.10. The quantitative estimate of drug-likeness (QED) is 0.551. The Morgan fingerprint density at radius 3 is 2.92 bits per heavy atom. The summed E-state index contributed by atoms with van der Waals surface area (Å²) in [5.41, 5.74) is 1.23. The number of pyridine rings is 1. The maximum atomic E-state index is 14.1. The summed E-state index contributed by atoms with van der Waals surface area (Å²) in [7, 11) is 0. The van der Waals surface area contributed by atoms with Crippen molar-refractivity contribution < 1.29 is 4.39 Å². The SMILES string of the molecule is Fc1ccc(Cl)cc1-c1nnc2sc(C=Cc3cccnc3)nn12. The number of rotatable bonds is 3. The molecule has 0 saturated carbocycles. The van der Waals surface area contributed by atoms with E-state index in [1.165, 1.54) is 34.1 Å². The van der Waals surface area contributed by atoms with Crippen LogP contribution in [-0.2, 0) is 0 Å². The first-order chi connectivity index (χ1) is 11.7. The zero-order chi connectivity index (χ0) is 16.5. The van der Waals surface area contributed by atoms with Gasteiger partial charge in [0.1, 0.15) is 10.8 Å². The van der Waals surface area contributed by atoms with Gasteiger partial charge in [0.25, 0.3) is 0 Å². The molecule has 0 atom stereocenters. The molecule has 3 heterocycles. The van der Waals surface area contributed by atoms with Gasteiger partial charge in [-0.3, -0.25) is 4.98 Å². The molecular formula is C16H9ClFN5S. The molecule has 0 aliphatic rings. The van der Waals surface area contributed by atoms with E-state index >= 15 is 0 Å². The Kier molecular flexibility index (Phi) is 3.79. The van der Waals surface area contributed by atoms with Crippen molar-refractivity contribution in [2.75, 3.05) is 0 Å². The first-order valence-corrected chi connectivity index (χ1v) is 8.16. The van der Waals surface area contributed by atoms with Gasteiger partial charge in [0, 0.05) is 17.4 Å². The highest BCUT2D eigenvalue weighted by molar-refractivity contribution is 7.17. The molecule has 118 valence electrons. The van der Waals surface area contributed by atoms with Crippen molar-refractivity contribution in [3.05, 3.63) is 64.1 Å². The van der Waals surface area contributed by atoms with Crippen molar-refractivity contribution in [2.24, 2.45) is 0 Å². The van der Waals surface area contributed by atoms with Gasteiger partial charge in [-0.25, -0.2) is 4.39 Å². The Balaban J connectivity index is 1.74. The molecule has 0 bridgehead atoms. The highest BCUT2D eigenvalue weighted by Gasteiger charge is 2.16. The number of halogens is 2. The summed E-state index contributed by atoms with van der Waals surface area (Å²) in [6.45, 7) is 0. The van der Waals surface area contributed by atoms with Crippen LogP contribution in [0.4, 0.5) is 4.39 Å². The zero-order valence-electron chi connectivity index (χ0n) is 12.1. The van der Waals surface area contributed by atoms with Gasteiger partial charge in [-0.1, -0.05) is 35.1 Å². The fourth-order valence-corrected chi connectivity index (χ4v) is 3.09. The average molecular weight is 358 g/mol.